The quantitative estimate of drug-likeness (QED) is 0.904. The Morgan fingerprint density at radius 2 is 2.00 bits per heavy atom. The van der Waals surface area contributed by atoms with E-state index in [2.05, 4.69) is 15.6 Å². The van der Waals surface area contributed by atoms with Crippen LogP contribution in [0, 0.1) is 12.8 Å². The van der Waals surface area contributed by atoms with Gasteiger partial charge in [0.15, 0.2) is 11.5 Å². The Bertz CT molecular complexity index is 676. The van der Waals surface area contributed by atoms with Crippen molar-refractivity contribution in [1.82, 2.24) is 10.3 Å². The van der Waals surface area contributed by atoms with E-state index in [0.717, 1.165) is 0 Å². The summed E-state index contributed by atoms with van der Waals surface area (Å²) in [6.45, 7) is 6.92. The summed E-state index contributed by atoms with van der Waals surface area (Å²) in [6.07, 6.45) is 0. The molecule has 112 valence electrons. The number of amides is 2. The van der Waals surface area contributed by atoms with Crippen LogP contribution in [-0.4, -0.2) is 22.8 Å². The first-order valence-electron chi connectivity index (χ1n) is 6.82. The summed E-state index contributed by atoms with van der Waals surface area (Å²) in [6, 6.07) is 4.68. The first-order chi connectivity index (χ1) is 9.86. The molecule has 0 fully saturated rings. The van der Waals surface area contributed by atoms with E-state index in [1.165, 1.54) is 6.92 Å². The Hall–Kier alpha value is -2.37. The van der Waals surface area contributed by atoms with Crippen molar-refractivity contribution in [3.05, 3.63) is 24.1 Å². The number of rotatable bonds is 4. The highest BCUT2D eigenvalue weighted by atomic mass is 16.3. The second-order valence-corrected chi connectivity index (χ2v) is 5.33. The van der Waals surface area contributed by atoms with Crippen molar-refractivity contribution < 1.29 is 14.0 Å². The maximum Gasteiger partial charge on any atom is 0.247 e. The summed E-state index contributed by atoms with van der Waals surface area (Å²) in [5, 5.41) is 5.45. The molecule has 0 spiro atoms. The summed E-state index contributed by atoms with van der Waals surface area (Å²) >= 11 is 0. The standard InChI is InChI=1S/C15H19N3O3/c1-8(2)14(16-9(3)19)15(20)18-11-5-6-13-12(7-11)17-10(4)21-13/h5-8,14H,1-4H3,(H,16,19)(H,18,20). The number of benzene rings is 1. The van der Waals surface area contributed by atoms with Crippen LogP contribution in [0.25, 0.3) is 11.1 Å². The maximum absolute atomic E-state index is 12.3. The number of fused-ring (bicyclic) bond motifs is 1. The third-order valence-corrected chi connectivity index (χ3v) is 3.07. The van der Waals surface area contributed by atoms with Crippen LogP contribution >= 0.6 is 0 Å². The molecule has 0 saturated carbocycles. The Kier molecular flexibility index (Phi) is 4.26. The van der Waals surface area contributed by atoms with Gasteiger partial charge in [0.25, 0.3) is 0 Å². The van der Waals surface area contributed by atoms with Crippen molar-refractivity contribution >= 4 is 28.6 Å². The van der Waals surface area contributed by atoms with E-state index in [0.29, 0.717) is 22.7 Å². The Morgan fingerprint density at radius 3 is 2.62 bits per heavy atom. The van der Waals surface area contributed by atoms with Gasteiger partial charge in [-0.05, 0) is 24.1 Å². The molecule has 0 aliphatic heterocycles. The number of aryl methyl sites for hydroxylation is 1. The van der Waals surface area contributed by atoms with E-state index in [-0.39, 0.29) is 17.7 Å². The minimum absolute atomic E-state index is 0.00748. The highest BCUT2D eigenvalue weighted by Crippen LogP contribution is 2.20. The zero-order valence-corrected chi connectivity index (χ0v) is 12.6. The van der Waals surface area contributed by atoms with Gasteiger partial charge in [0, 0.05) is 19.5 Å². The second kappa shape index (κ2) is 5.95. The molecule has 1 heterocycles. The SMILES string of the molecule is CC(=O)NC(C(=O)Nc1ccc2oc(C)nc2c1)C(C)C. The number of anilines is 1. The van der Waals surface area contributed by atoms with E-state index in [4.69, 9.17) is 4.42 Å². The number of aromatic nitrogens is 1. The second-order valence-electron chi connectivity index (χ2n) is 5.33. The topological polar surface area (TPSA) is 84.2 Å². The van der Waals surface area contributed by atoms with Gasteiger partial charge >= 0.3 is 0 Å². The van der Waals surface area contributed by atoms with Gasteiger partial charge in [-0.15, -0.1) is 0 Å². The fourth-order valence-electron chi connectivity index (χ4n) is 2.09. The van der Waals surface area contributed by atoms with E-state index >= 15 is 0 Å². The predicted molar refractivity (Wildman–Crippen MR) is 79.8 cm³/mol. The molecule has 0 radical (unpaired) electrons. The van der Waals surface area contributed by atoms with E-state index < -0.39 is 6.04 Å². The van der Waals surface area contributed by atoms with Gasteiger partial charge in [-0.2, -0.15) is 0 Å². The lowest BCUT2D eigenvalue weighted by Crippen LogP contribution is -2.46. The lowest BCUT2D eigenvalue weighted by molar-refractivity contribution is -0.126. The summed E-state index contributed by atoms with van der Waals surface area (Å²) < 4.78 is 5.39. The van der Waals surface area contributed by atoms with E-state index in [9.17, 15) is 9.59 Å². The van der Waals surface area contributed by atoms with Crippen LogP contribution in [0.15, 0.2) is 22.6 Å². The van der Waals surface area contributed by atoms with Gasteiger partial charge in [0.2, 0.25) is 11.8 Å². The Balaban J connectivity index is 2.17. The van der Waals surface area contributed by atoms with Crippen LogP contribution in [-0.2, 0) is 9.59 Å². The Morgan fingerprint density at radius 1 is 1.29 bits per heavy atom. The van der Waals surface area contributed by atoms with Gasteiger partial charge < -0.3 is 15.1 Å². The molecule has 2 N–H and O–H groups in total. The van der Waals surface area contributed by atoms with Gasteiger partial charge in [-0.3, -0.25) is 9.59 Å². The van der Waals surface area contributed by atoms with Crippen molar-refractivity contribution in [2.45, 2.75) is 33.7 Å². The zero-order chi connectivity index (χ0) is 15.6. The monoisotopic (exact) mass is 289 g/mol. The lowest BCUT2D eigenvalue weighted by atomic mass is 10.0. The molecular formula is C15H19N3O3. The molecule has 21 heavy (non-hydrogen) atoms. The largest absolute Gasteiger partial charge is 0.441 e. The number of carbonyl (C=O) groups is 2. The fraction of sp³-hybridized carbons (Fsp3) is 0.400. The van der Waals surface area contributed by atoms with Crippen molar-refractivity contribution in [2.24, 2.45) is 5.92 Å². The van der Waals surface area contributed by atoms with E-state index in [1.807, 2.05) is 13.8 Å². The summed E-state index contributed by atoms with van der Waals surface area (Å²) in [4.78, 5) is 27.7. The van der Waals surface area contributed by atoms with Crippen molar-refractivity contribution in [2.75, 3.05) is 5.32 Å². The van der Waals surface area contributed by atoms with Crippen LogP contribution in [0.2, 0.25) is 0 Å². The van der Waals surface area contributed by atoms with Gasteiger partial charge in [0.1, 0.15) is 11.6 Å². The average Bonchev–Trinajstić information content (AvgIpc) is 2.74. The first-order valence-corrected chi connectivity index (χ1v) is 6.82. The summed E-state index contributed by atoms with van der Waals surface area (Å²) in [5.74, 6) is 0.0879. The van der Waals surface area contributed by atoms with Gasteiger partial charge in [0.05, 0.1) is 0 Å². The fourth-order valence-corrected chi connectivity index (χ4v) is 2.09. The molecule has 1 atom stereocenters. The average molecular weight is 289 g/mol. The molecule has 1 aromatic heterocycles. The Labute approximate surface area is 122 Å². The summed E-state index contributed by atoms with van der Waals surface area (Å²) in [5.41, 5.74) is 1.98. The highest BCUT2D eigenvalue weighted by Gasteiger charge is 2.23. The molecule has 2 rings (SSSR count). The van der Waals surface area contributed by atoms with Crippen LogP contribution in [0.3, 0.4) is 0 Å². The molecule has 6 heteroatoms. The molecule has 0 aliphatic carbocycles. The number of nitrogens with one attached hydrogen (secondary N) is 2. The van der Waals surface area contributed by atoms with Crippen LogP contribution in [0.5, 0.6) is 0 Å². The molecule has 6 nitrogen and oxygen atoms in total. The number of oxazole rings is 1. The molecule has 2 amide bonds. The number of carbonyl (C=O) groups excluding carboxylic acids is 2. The molecule has 0 aliphatic rings. The molecule has 2 aromatic rings. The zero-order valence-electron chi connectivity index (χ0n) is 12.6. The molecular weight excluding hydrogens is 270 g/mol. The third-order valence-electron chi connectivity index (χ3n) is 3.07. The minimum atomic E-state index is -0.572. The normalized spacial score (nSPS) is 12.4. The predicted octanol–water partition coefficient (Wildman–Crippen LogP) is 2.24. The number of hydrogen-bond donors (Lipinski definition) is 2. The summed E-state index contributed by atoms with van der Waals surface area (Å²) in [7, 11) is 0. The van der Waals surface area contributed by atoms with Gasteiger partial charge in [-0.1, -0.05) is 13.8 Å². The van der Waals surface area contributed by atoms with Crippen LogP contribution in [0.1, 0.15) is 26.7 Å². The van der Waals surface area contributed by atoms with Crippen molar-refractivity contribution in [1.29, 1.82) is 0 Å². The lowest BCUT2D eigenvalue weighted by Gasteiger charge is -2.20. The smallest absolute Gasteiger partial charge is 0.247 e. The van der Waals surface area contributed by atoms with Crippen LogP contribution < -0.4 is 10.6 Å². The number of hydrogen-bond acceptors (Lipinski definition) is 4. The first kappa shape index (κ1) is 15.0. The van der Waals surface area contributed by atoms with Gasteiger partial charge in [-0.25, -0.2) is 4.98 Å². The molecule has 0 bridgehead atoms. The third kappa shape index (κ3) is 3.59. The van der Waals surface area contributed by atoms with Crippen molar-refractivity contribution in [3.8, 4) is 0 Å². The number of nitrogens with zero attached hydrogens (tertiary/aromatic N) is 1. The maximum atomic E-state index is 12.3. The van der Waals surface area contributed by atoms with E-state index in [1.54, 1.807) is 25.1 Å². The molecule has 1 unspecified atom stereocenters. The van der Waals surface area contributed by atoms with Crippen molar-refractivity contribution in [3.63, 3.8) is 0 Å². The van der Waals surface area contributed by atoms with Crippen LogP contribution in [0.4, 0.5) is 5.69 Å². The molecule has 1 aromatic carbocycles. The minimum Gasteiger partial charge on any atom is -0.441 e. The molecule has 0 saturated heterocycles. The highest BCUT2D eigenvalue weighted by molar-refractivity contribution is 5.98.